The van der Waals surface area contributed by atoms with Crippen LogP contribution < -0.4 is 5.73 Å². The van der Waals surface area contributed by atoms with Gasteiger partial charge in [0.15, 0.2) is 5.69 Å². The zero-order valence-corrected chi connectivity index (χ0v) is 11.0. The SMILES string of the molecule is CCOC(=O)C1(N)CCC(n2ccc(C(F)(F)F)n2)C1. The van der Waals surface area contributed by atoms with Crippen molar-refractivity contribution in [1.29, 1.82) is 0 Å². The molecule has 2 unspecified atom stereocenters. The Kier molecular flexibility index (Phi) is 3.77. The molecule has 8 heteroatoms. The molecular formula is C12H16F3N3O2. The molecule has 0 bridgehead atoms. The summed E-state index contributed by atoms with van der Waals surface area (Å²) in [5.74, 6) is -0.509. The first-order valence-electron chi connectivity index (χ1n) is 6.35. The average molecular weight is 291 g/mol. The van der Waals surface area contributed by atoms with Crippen molar-refractivity contribution in [2.24, 2.45) is 5.73 Å². The fourth-order valence-corrected chi connectivity index (χ4v) is 2.43. The predicted molar refractivity (Wildman–Crippen MR) is 63.7 cm³/mol. The highest BCUT2D eigenvalue weighted by molar-refractivity contribution is 5.81. The molecule has 1 aliphatic carbocycles. The van der Waals surface area contributed by atoms with Crippen molar-refractivity contribution in [3.63, 3.8) is 0 Å². The van der Waals surface area contributed by atoms with Crippen molar-refractivity contribution >= 4 is 5.97 Å². The van der Waals surface area contributed by atoms with Crippen molar-refractivity contribution in [3.05, 3.63) is 18.0 Å². The molecule has 5 nitrogen and oxygen atoms in total. The molecule has 1 saturated carbocycles. The number of nitrogens with two attached hydrogens (primary N) is 1. The van der Waals surface area contributed by atoms with E-state index in [0.717, 1.165) is 6.07 Å². The summed E-state index contributed by atoms with van der Waals surface area (Å²) < 4.78 is 43.6. The van der Waals surface area contributed by atoms with Crippen LogP contribution in [-0.2, 0) is 15.7 Å². The largest absolute Gasteiger partial charge is 0.465 e. The Hall–Kier alpha value is -1.57. The van der Waals surface area contributed by atoms with E-state index in [-0.39, 0.29) is 19.1 Å². The summed E-state index contributed by atoms with van der Waals surface area (Å²) in [6.45, 7) is 1.90. The summed E-state index contributed by atoms with van der Waals surface area (Å²) in [6.07, 6.45) is -2.11. The van der Waals surface area contributed by atoms with E-state index in [2.05, 4.69) is 5.10 Å². The van der Waals surface area contributed by atoms with E-state index in [1.54, 1.807) is 6.92 Å². The van der Waals surface area contributed by atoms with Crippen LogP contribution in [0.2, 0.25) is 0 Å². The number of hydrogen-bond acceptors (Lipinski definition) is 4. The fraction of sp³-hybridized carbons (Fsp3) is 0.667. The molecule has 0 aromatic carbocycles. The lowest BCUT2D eigenvalue weighted by Gasteiger charge is -2.21. The maximum atomic E-state index is 12.5. The van der Waals surface area contributed by atoms with Gasteiger partial charge in [0.1, 0.15) is 5.54 Å². The maximum absolute atomic E-state index is 12.5. The van der Waals surface area contributed by atoms with Crippen LogP contribution in [0.3, 0.4) is 0 Å². The first kappa shape index (κ1) is 14.8. The van der Waals surface area contributed by atoms with Crippen LogP contribution in [0.4, 0.5) is 13.2 Å². The second-order valence-corrected chi connectivity index (χ2v) is 4.95. The maximum Gasteiger partial charge on any atom is 0.435 e. The third-order valence-corrected chi connectivity index (χ3v) is 3.48. The summed E-state index contributed by atoms with van der Waals surface area (Å²) in [7, 11) is 0. The summed E-state index contributed by atoms with van der Waals surface area (Å²) in [4.78, 5) is 11.8. The van der Waals surface area contributed by atoms with Crippen molar-refractivity contribution in [2.45, 2.75) is 43.9 Å². The summed E-state index contributed by atoms with van der Waals surface area (Å²) in [5, 5.41) is 3.52. The second kappa shape index (κ2) is 5.08. The third kappa shape index (κ3) is 2.79. The molecule has 2 rings (SSSR count). The molecule has 0 radical (unpaired) electrons. The number of aromatic nitrogens is 2. The van der Waals surface area contributed by atoms with Gasteiger partial charge in [0, 0.05) is 6.20 Å². The zero-order chi connectivity index (χ0) is 15.0. The summed E-state index contributed by atoms with van der Waals surface area (Å²) in [5.41, 5.74) is 3.90. The number of esters is 1. The lowest BCUT2D eigenvalue weighted by Crippen LogP contribution is -2.46. The summed E-state index contributed by atoms with van der Waals surface area (Å²) in [6, 6.07) is 0.599. The minimum atomic E-state index is -4.47. The van der Waals surface area contributed by atoms with Crippen LogP contribution in [0.25, 0.3) is 0 Å². The quantitative estimate of drug-likeness (QED) is 0.863. The number of ether oxygens (including phenoxy) is 1. The molecule has 0 spiro atoms. The molecule has 0 aliphatic heterocycles. The van der Waals surface area contributed by atoms with Gasteiger partial charge in [0.05, 0.1) is 12.6 Å². The van der Waals surface area contributed by atoms with E-state index in [1.165, 1.54) is 10.9 Å². The molecule has 112 valence electrons. The van der Waals surface area contributed by atoms with Gasteiger partial charge in [-0.25, -0.2) is 0 Å². The van der Waals surface area contributed by atoms with Crippen LogP contribution in [0.15, 0.2) is 12.3 Å². The number of carbonyl (C=O) groups excluding carboxylic acids is 1. The molecule has 0 amide bonds. The number of alkyl halides is 3. The molecule has 1 aromatic heterocycles. The monoisotopic (exact) mass is 291 g/mol. The highest BCUT2D eigenvalue weighted by atomic mass is 19.4. The Morgan fingerprint density at radius 2 is 2.35 bits per heavy atom. The Morgan fingerprint density at radius 1 is 1.65 bits per heavy atom. The van der Waals surface area contributed by atoms with E-state index >= 15 is 0 Å². The molecule has 2 N–H and O–H groups in total. The van der Waals surface area contributed by atoms with Gasteiger partial charge in [0.25, 0.3) is 0 Å². The smallest absolute Gasteiger partial charge is 0.435 e. The van der Waals surface area contributed by atoms with Gasteiger partial charge in [0.2, 0.25) is 0 Å². The van der Waals surface area contributed by atoms with Gasteiger partial charge in [-0.2, -0.15) is 18.3 Å². The van der Waals surface area contributed by atoms with Crippen molar-refractivity contribution < 1.29 is 22.7 Å². The lowest BCUT2D eigenvalue weighted by molar-refractivity contribution is -0.149. The highest BCUT2D eigenvalue weighted by Gasteiger charge is 2.44. The van der Waals surface area contributed by atoms with Crippen LogP contribution in [0.1, 0.15) is 37.9 Å². The van der Waals surface area contributed by atoms with Gasteiger partial charge >= 0.3 is 12.1 Å². The highest BCUT2D eigenvalue weighted by Crippen LogP contribution is 2.37. The molecule has 1 heterocycles. The molecule has 0 saturated heterocycles. The van der Waals surface area contributed by atoms with Crippen molar-refractivity contribution in [3.8, 4) is 0 Å². The average Bonchev–Trinajstić information content (AvgIpc) is 2.95. The fourth-order valence-electron chi connectivity index (χ4n) is 2.43. The first-order valence-corrected chi connectivity index (χ1v) is 6.35. The molecule has 1 aliphatic rings. The zero-order valence-electron chi connectivity index (χ0n) is 11.0. The third-order valence-electron chi connectivity index (χ3n) is 3.48. The number of halogens is 3. The standard InChI is InChI=1S/C12H16F3N3O2/c1-2-20-10(19)11(16)5-3-8(7-11)18-6-4-9(17-18)12(13,14)15/h4,6,8H,2-3,5,7,16H2,1H3. The van der Waals surface area contributed by atoms with Crippen molar-refractivity contribution in [2.75, 3.05) is 6.61 Å². The van der Waals surface area contributed by atoms with Gasteiger partial charge in [-0.1, -0.05) is 0 Å². The number of rotatable bonds is 3. The van der Waals surface area contributed by atoms with Gasteiger partial charge in [-0.3, -0.25) is 9.48 Å². The van der Waals surface area contributed by atoms with E-state index in [1.807, 2.05) is 0 Å². The minimum absolute atomic E-state index is 0.225. The number of hydrogen-bond donors (Lipinski definition) is 1. The second-order valence-electron chi connectivity index (χ2n) is 4.95. The Morgan fingerprint density at radius 3 is 2.90 bits per heavy atom. The number of carbonyl (C=O) groups is 1. The Balaban J connectivity index is 2.10. The predicted octanol–water partition coefficient (Wildman–Crippen LogP) is 1.89. The van der Waals surface area contributed by atoms with Crippen molar-refractivity contribution in [1.82, 2.24) is 9.78 Å². The molecule has 20 heavy (non-hydrogen) atoms. The molecule has 1 aromatic rings. The lowest BCUT2D eigenvalue weighted by atomic mass is 9.99. The van der Waals surface area contributed by atoms with Gasteiger partial charge in [-0.05, 0) is 32.3 Å². The summed E-state index contributed by atoms with van der Waals surface area (Å²) >= 11 is 0. The normalized spacial score (nSPS) is 26.8. The van der Waals surface area contributed by atoms with Crippen LogP contribution >= 0.6 is 0 Å². The van der Waals surface area contributed by atoms with E-state index < -0.39 is 23.4 Å². The molecule has 2 atom stereocenters. The van der Waals surface area contributed by atoms with E-state index in [0.29, 0.717) is 12.8 Å². The Labute approximate surface area is 113 Å². The van der Waals surface area contributed by atoms with E-state index in [9.17, 15) is 18.0 Å². The minimum Gasteiger partial charge on any atom is -0.465 e. The van der Waals surface area contributed by atoms with Gasteiger partial charge in [-0.15, -0.1) is 0 Å². The molecule has 1 fully saturated rings. The van der Waals surface area contributed by atoms with Crippen LogP contribution in [0, 0.1) is 0 Å². The van der Waals surface area contributed by atoms with E-state index in [4.69, 9.17) is 10.5 Å². The number of nitrogens with zero attached hydrogens (tertiary/aromatic N) is 2. The first-order chi connectivity index (χ1) is 9.26. The van der Waals surface area contributed by atoms with Crippen LogP contribution in [-0.4, -0.2) is 27.9 Å². The van der Waals surface area contributed by atoms with Gasteiger partial charge < -0.3 is 10.5 Å². The van der Waals surface area contributed by atoms with Crippen LogP contribution in [0.5, 0.6) is 0 Å². The Bertz CT molecular complexity index is 500. The molecular weight excluding hydrogens is 275 g/mol. The topological polar surface area (TPSA) is 70.1 Å².